The van der Waals surface area contributed by atoms with Crippen molar-refractivity contribution >= 4 is 21.6 Å². The highest BCUT2D eigenvalue weighted by Crippen LogP contribution is 2.29. The van der Waals surface area contributed by atoms with Gasteiger partial charge < -0.3 is 10.8 Å². The minimum atomic E-state index is -1.24. The van der Waals surface area contributed by atoms with Gasteiger partial charge >= 0.3 is 0 Å². The van der Waals surface area contributed by atoms with E-state index in [1.165, 1.54) is 19.1 Å². The molecule has 0 amide bonds. The Bertz CT molecular complexity index is 393. The third-order valence-electron chi connectivity index (χ3n) is 2.16. The van der Waals surface area contributed by atoms with Crippen LogP contribution in [-0.2, 0) is 5.60 Å². The van der Waals surface area contributed by atoms with Crippen LogP contribution in [0.1, 0.15) is 12.5 Å². The first-order valence-electron chi connectivity index (χ1n) is 4.25. The quantitative estimate of drug-likeness (QED) is 0.646. The number of benzene rings is 1. The molecule has 3 N–H and O–H groups in total. The number of aliphatic hydroxyl groups is 1. The van der Waals surface area contributed by atoms with Crippen molar-refractivity contribution in [2.45, 2.75) is 12.5 Å². The highest BCUT2D eigenvalue weighted by molar-refractivity contribution is 9.10. The predicted octanol–water partition coefficient (Wildman–Crippen LogP) is 1.52. The van der Waals surface area contributed by atoms with Crippen molar-refractivity contribution in [3.63, 3.8) is 0 Å². The molecule has 1 rings (SSSR count). The minimum Gasteiger partial charge on any atom is -0.384 e. The number of hydrogen-bond acceptors (Lipinski definition) is 4. The lowest BCUT2D eigenvalue weighted by molar-refractivity contribution is -0.385. The van der Waals surface area contributed by atoms with Crippen LogP contribution in [0.25, 0.3) is 0 Å². The Morgan fingerprint density at radius 2 is 2.27 bits per heavy atom. The maximum absolute atomic E-state index is 10.7. The molecule has 0 saturated heterocycles. The minimum absolute atomic E-state index is 0.00574. The number of rotatable bonds is 3. The van der Waals surface area contributed by atoms with E-state index in [2.05, 4.69) is 15.9 Å². The maximum atomic E-state index is 10.7. The summed E-state index contributed by atoms with van der Waals surface area (Å²) in [6.45, 7) is 1.52. The van der Waals surface area contributed by atoms with Crippen LogP contribution in [-0.4, -0.2) is 16.6 Å². The third-order valence-corrected chi connectivity index (χ3v) is 2.83. The summed E-state index contributed by atoms with van der Waals surface area (Å²) < 4.78 is 0.379. The number of nitro groups is 1. The molecule has 5 nitrogen and oxygen atoms in total. The largest absolute Gasteiger partial charge is 0.384 e. The van der Waals surface area contributed by atoms with Crippen molar-refractivity contribution in [3.05, 3.63) is 38.3 Å². The molecule has 1 aromatic rings. The molecular weight excluding hydrogens is 264 g/mol. The van der Waals surface area contributed by atoms with Gasteiger partial charge in [0.2, 0.25) is 0 Å². The van der Waals surface area contributed by atoms with E-state index in [9.17, 15) is 15.2 Å². The van der Waals surface area contributed by atoms with E-state index >= 15 is 0 Å². The molecular formula is C9H11BrN2O3. The fourth-order valence-electron chi connectivity index (χ4n) is 1.11. The molecule has 6 heteroatoms. The zero-order chi connectivity index (χ0) is 11.6. The van der Waals surface area contributed by atoms with Gasteiger partial charge in [-0.3, -0.25) is 10.1 Å². The van der Waals surface area contributed by atoms with Crippen LogP contribution < -0.4 is 5.73 Å². The molecule has 1 atom stereocenters. The van der Waals surface area contributed by atoms with Gasteiger partial charge in [-0.25, -0.2) is 0 Å². The standard InChI is InChI=1S/C9H11BrN2O3/c1-9(13,5-11)6-2-3-7(10)8(4-6)12(14)15/h2-4,13H,5,11H2,1H3. The van der Waals surface area contributed by atoms with E-state index in [1.54, 1.807) is 6.07 Å². The van der Waals surface area contributed by atoms with Crippen molar-refractivity contribution in [2.75, 3.05) is 6.54 Å². The Labute approximate surface area is 95.2 Å². The van der Waals surface area contributed by atoms with E-state index in [0.29, 0.717) is 10.0 Å². The van der Waals surface area contributed by atoms with Crippen molar-refractivity contribution in [2.24, 2.45) is 5.73 Å². The molecule has 0 aliphatic heterocycles. The van der Waals surface area contributed by atoms with Crippen LogP contribution in [0.15, 0.2) is 22.7 Å². The molecule has 0 spiro atoms. The van der Waals surface area contributed by atoms with E-state index in [0.717, 1.165) is 0 Å². The summed E-state index contributed by atoms with van der Waals surface area (Å²) >= 11 is 3.07. The van der Waals surface area contributed by atoms with Crippen LogP contribution in [0.2, 0.25) is 0 Å². The summed E-state index contributed by atoms with van der Waals surface area (Å²) in [5, 5.41) is 20.5. The lowest BCUT2D eigenvalue weighted by Gasteiger charge is -2.21. The molecule has 0 aliphatic carbocycles. The topological polar surface area (TPSA) is 89.4 Å². The van der Waals surface area contributed by atoms with Gasteiger partial charge in [-0.1, -0.05) is 6.07 Å². The molecule has 15 heavy (non-hydrogen) atoms. The fourth-order valence-corrected chi connectivity index (χ4v) is 1.50. The monoisotopic (exact) mass is 274 g/mol. The highest BCUT2D eigenvalue weighted by Gasteiger charge is 2.24. The van der Waals surface area contributed by atoms with Crippen molar-refractivity contribution in [1.82, 2.24) is 0 Å². The zero-order valence-corrected chi connectivity index (χ0v) is 9.69. The van der Waals surface area contributed by atoms with Crippen LogP contribution in [0.3, 0.4) is 0 Å². The summed E-state index contributed by atoms with van der Waals surface area (Å²) in [7, 11) is 0. The predicted molar refractivity (Wildman–Crippen MR) is 59.4 cm³/mol. The Morgan fingerprint density at radius 1 is 1.67 bits per heavy atom. The molecule has 0 aliphatic rings. The molecule has 0 fully saturated rings. The lowest BCUT2D eigenvalue weighted by atomic mass is 9.96. The van der Waals surface area contributed by atoms with Gasteiger partial charge in [0.05, 0.1) is 15.0 Å². The average molecular weight is 275 g/mol. The second-order valence-electron chi connectivity index (χ2n) is 3.40. The van der Waals surface area contributed by atoms with Gasteiger partial charge in [0.15, 0.2) is 0 Å². The first-order valence-corrected chi connectivity index (χ1v) is 5.04. The summed E-state index contributed by atoms with van der Waals surface area (Å²) in [6.07, 6.45) is 0. The van der Waals surface area contributed by atoms with Crippen LogP contribution in [0.5, 0.6) is 0 Å². The summed E-state index contributed by atoms with van der Waals surface area (Å²) in [5.74, 6) is 0. The molecule has 0 aromatic heterocycles. The third kappa shape index (κ3) is 2.53. The SMILES string of the molecule is CC(O)(CN)c1ccc(Br)c([N+](=O)[O-])c1. The van der Waals surface area contributed by atoms with Gasteiger partial charge in [0.1, 0.15) is 0 Å². The second kappa shape index (κ2) is 4.26. The summed E-state index contributed by atoms with van der Waals surface area (Å²) in [4.78, 5) is 10.1. The van der Waals surface area contributed by atoms with E-state index < -0.39 is 10.5 Å². The van der Waals surface area contributed by atoms with Crippen LogP contribution in [0, 0.1) is 10.1 Å². The molecule has 0 heterocycles. The zero-order valence-electron chi connectivity index (χ0n) is 8.11. The van der Waals surface area contributed by atoms with Crippen molar-refractivity contribution < 1.29 is 10.0 Å². The second-order valence-corrected chi connectivity index (χ2v) is 4.26. The van der Waals surface area contributed by atoms with Gasteiger partial charge in [0.25, 0.3) is 5.69 Å². The number of nitrogens with two attached hydrogens (primary N) is 1. The number of halogens is 1. The summed E-state index contributed by atoms with van der Waals surface area (Å²) in [5.41, 5.74) is 4.47. The number of nitrogens with zero attached hydrogens (tertiary/aromatic N) is 1. The normalized spacial score (nSPS) is 14.7. The molecule has 82 valence electrons. The average Bonchev–Trinajstić information content (AvgIpc) is 2.17. The van der Waals surface area contributed by atoms with Crippen LogP contribution in [0.4, 0.5) is 5.69 Å². The molecule has 1 unspecified atom stereocenters. The van der Waals surface area contributed by atoms with Crippen molar-refractivity contribution in [3.8, 4) is 0 Å². The molecule has 0 radical (unpaired) electrons. The Hall–Kier alpha value is -0.980. The van der Waals surface area contributed by atoms with E-state index in [1.807, 2.05) is 0 Å². The maximum Gasteiger partial charge on any atom is 0.283 e. The lowest BCUT2D eigenvalue weighted by Crippen LogP contribution is -2.31. The van der Waals surface area contributed by atoms with E-state index in [-0.39, 0.29) is 12.2 Å². The number of hydrogen-bond donors (Lipinski definition) is 2. The summed E-state index contributed by atoms with van der Waals surface area (Å²) in [6, 6.07) is 4.44. The van der Waals surface area contributed by atoms with Crippen LogP contribution >= 0.6 is 15.9 Å². The van der Waals surface area contributed by atoms with Gasteiger partial charge in [-0.2, -0.15) is 0 Å². The highest BCUT2D eigenvalue weighted by atomic mass is 79.9. The molecule has 0 bridgehead atoms. The number of nitro benzene ring substituents is 1. The van der Waals surface area contributed by atoms with Crippen molar-refractivity contribution in [1.29, 1.82) is 0 Å². The smallest absolute Gasteiger partial charge is 0.283 e. The Balaban J connectivity index is 3.25. The van der Waals surface area contributed by atoms with Gasteiger partial charge in [0, 0.05) is 12.6 Å². The van der Waals surface area contributed by atoms with Gasteiger partial charge in [-0.15, -0.1) is 0 Å². The first kappa shape index (κ1) is 12.1. The Morgan fingerprint density at radius 3 is 2.73 bits per heavy atom. The Kier molecular flexibility index (Phi) is 3.43. The first-order chi connectivity index (χ1) is 6.88. The molecule has 1 aromatic carbocycles. The fraction of sp³-hybridized carbons (Fsp3) is 0.333. The van der Waals surface area contributed by atoms with Gasteiger partial charge in [-0.05, 0) is 34.5 Å². The molecule has 0 saturated carbocycles. The van der Waals surface area contributed by atoms with E-state index in [4.69, 9.17) is 5.73 Å².